The van der Waals surface area contributed by atoms with E-state index in [1.165, 1.54) is 0 Å². The van der Waals surface area contributed by atoms with Gasteiger partial charge in [0.05, 0.1) is 13.0 Å². The molecule has 0 spiro atoms. The van der Waals surface area contributed by atoms with Gasteiger partial charge in [0, 0.05) is 12.5 Å². The van der Waals surface area contributed by atoms with E-state index < -0.39 is 12.0 Å². The van der Waals surface area contributed by atoms with Crippen molar-refractivity contribution in [3.05, 3.63) is 0 Å². The third-order valence-electron chi connectivity index (χ3n) is 2.56. The first-order valence-corrected chi connectivity index (χ1v) is 6.28. The third kappa shape index (κ3) is 5.65. The summed E-state index contributed by atoms with van der Waals surface area (Å²) in [5.41, 5.74) is 0. The van der Waals surface area contributed by atoms with E-state index in [0.717, 1.165) is 12.8 Å². The lowest BCUT2D eigenvalue weighted by Gasteiger charge is -2.13. The van der Waals surface area contributed by atoms with Crippen LogP contribution in [-0.2, 0) is 19.1 Å². The third-order valence-corrected chi connectivity index (χ3v) is 2.56. The highest BCUT2D eigenvalue weighted by Gasteiger charge is 2.26. The maximum absolute atomic E-state index is 11.6. The number of rotatable bonds is 7. The van der Waals surface area contributed by atoms with Crippen molar-refractivity contribution in [3.8, 4) is 0 Å². The van der Waals surface area contributed by atoms with Crippen LogP contribution in [0.2, 0.25) is 0 Å². The number of amides is 2. The Morgan fingerprint density at radius 2 is 1.94 bits per heavy atom. The molecule has 1 rings (SSSR count). The molecular formula is C12H20N2O4. The van der Waals surface area contributed by atoms with Crippen LogP contribution in [0.5, 0.6) is 0 Å². The second-order valence-corrected chi connectivity index (χ2v) is 4.38. The molecule has 0 radical (unpaired) electrons. The zero-order valence-electron chi connectivity index (χ0n) is 10.8. The maximum atomic E-state index is 11.6. The molecule has 0 bridgehead atoms. The zero-order chi connectivity index (χ0) is 13.5. The van der Waals surface area contributed by atoms with E-state index in [1.807, 2.05) is 0 Å². The first-order valence-electron chi connectivity index (χ1n) is 6.28. The van der Waals surface area contributed by atoms with Gasteiger partial charge in [-0.15, -0.1) is 0 Å². The smallest absolute Gasteiger partial charge is 0.306 e. The standard InChI is InChI=1S/C12H20N2O4/c1-3-18-11(16)7-6-10(15)13-8(2)12(17)14-9-4-5-9/h8-9H,3-7H2,1-2H3,(H,13,15)(H,14,17). The van der Waals surface area contributed by atoms with Crippen molar-refractivity contribution in [2.75, 3.05) is 6.61 Å². The summed E-state index contributed by atoms with van der Waals surface area (Å²) in [6.07, 6.45) is 2.10. The van der Waals surface area contributed by atoms with E-state index in [4.69, 9.17) is 4.74 Å². The first-order chi connectivity index (χ1) is 8.52. The fourth-order valence-corrected chi connectivity index (χ4v) is 1.38. The van der Waals surface area contributed by atoms with Crippen LogP contribution < -0.4 is 10.6 Å². The molecule has 18 heavy (non-hydrogen) atoms. The average molecular weight is 256 g/mol. The minimum Gasteiger partial charge on any atom is -0.466 e. The fourth-order valence-electron chi connectivity index (χ4n) is 1.38. The van der Waals surface area contributed by atoms with Gasteiger partial charge in [-0.1, -0.05) is 0 Å². The van der Waals surface area contributed by atoms with Crippen molar-refractivity contribution < 1.29 is 19.1 Å². The number of hydrogen-bond donors (Lipinski definition) is 2. The zero-order valence-corrected chi connectivity index (χ0v) is 10.8. The van der Waals surface area contributed by atoms with Crippen LogP contribution >= 0.6 is 0 Å². The minimum absolute atomic E-state index is 0.0383. The molecule has 2 N–H and O–H groups in total. The fraction of sp³-hybridized carbons (Fsp3) is 0.750. The van der Waals surface area contributed by atoms with Gasteiger partial charge < -0.3 is 15.4 Å². The molecular weight excluding hydrogens is 236 g/mol. The molecule has 1 unspecified atom stereocenters. The molecule has 0 aliphatic heterocycles. The molecule has 6 heteroatoms. The SMILES string of the molecule is CCOC(=O)CCC(=O)NC(C)C(=O)NC1CC1. The quantitative estimate of drug-likeness (QED) is 0.633. The minimum atomic E-state index is -0.569. The monoisotopic (exact) mass is 256 g/mol. The van der Waals surface area contributed by atoms with Crippen LogP contribution in [0.4, 0.5) is 0 Å². The van der Waals surface area contributed by atoms with Crippen LogP contribution in [0, 0.1) is 0 Å². The van der Waals surface area contributed by atoms with Gasteiger partial charge in [0.2, 0.25) is 11.8 Å². The second-order valence-electron chi connectivity index (χ2n) is 4.38. The molecule has 0 heterocycles. The van der Waals surface area contributed by atoms with Gasteiger partial charge in [-0.05, 0) is 26.7 Å². The van der Waals surface area contributed by atoms with Gasteiger partial charge in [-0.3, -0.25) is 14.4 Å². The van der Waals surface area contributed by atoms with Crippen molar-refractivity contribution in [2.24, 2.45) is 0 Å². The molecule has 2 amide bonds. The van der Waals surface area contributed by atoms with Crippen LogP contribution in [0.3, 0.4) is 0 Å². The number of carbonyl (C=O) groups excluding carboxylic acids is 3. The van der Waals surface area contributed by atoms with E-state index in [0.29, 0.717) is 6.61 Å². The lowest BCUT2D eigenvalue weighted by Crippen LogP contribution is -2.45. The number of ether oxygens (including phenoxy) is 1. The van der Waals surface area contributed by atoms with Crippen molar-refractivity contribution in [2.45, 2.75) is 51.6 Å². The summed E-state index contributed by atoms with van der Waals surface area (Å²) in [4.78, 5) is 34.1. The van der Waals surface area contributed by atoms with Crippen molar-refractivity contribution >= 4 is 17.8 Å². The summed E-state index contributed by atoms with van der Waals surface area (Å²) in [5, 5.41) is 5.35. The van der Waals surface area contributed by atoms with Crippen LogP contribution in [0.15, 0.2) is 0 Å². The van der Waals surface area contributed by atoms with E-state index in [-0.39, 0.29) is 30.7 Å². The van der Waals surface area contributed by atoms with Gasteiger partial charge in [-0.2, -0.15) is 0 Å². The molecule has 102 valence electrons. The summed E-state index contributed by atoms with van der Waals surface area (Å²) in [5.74, 6) is -0.897. The van der Waals surface area contributed by atoms with Gasteiger partial charge in [0.15, 0.2) is 0 Å². The predicted octanol–water partition coefficient (Wildman–Crippen LogP) is 0.113. The van der Waals surface area contributed by atoms with E-state index in [9.17, 15) is 14.4 Å². The molecule has 0 saturated heterocycles. The van der Waals surface area contributed by atoms with Gasteiger partial charge in [0.25, 0.3) is 0 Å². The first kappa shape index (κ1) is 14.5. The largest absolute Gasteiger partial charge is 0.466 e. The summed E-state index contributed by atoms with van der Waals surface area (Å²) in [6.45, 7) is 3.64. The molecule has 1 atom stereocenters. The highest BCUT2D eigenvalue weighted by Crippen LogP contribution is 2.18. The Labute approximate surface area is 106 Å². The average Bonchev–Trinajstić information content (AvgIpc) is 3.10. The lowest BCUT2D eigenvalue weighted by atomic mass is 10.2. The number of esters is 1. The Morgan fingerprint density at radius 1 is 1.28 bits per heavy atom. The lowest BCUT2D eigenvalue weighted by molar-refractivity contribution is -0.144. The summed E-state index contributed by atoms with van der Waals surface area (Å²) in [6, 6.07) is -0.295. The molecule has 1 fully saturated rings. The predicted molar refractivity (Wildman–Crippen MR) is 64.6 cm³/mol. The van der Waals surface area contributed by atoms with E-state index in [2.05, 4.69) is 10.6 Å². The van der Waals surface area contributed by atoms with Gasteiger partial charge >= 0.3 is 5.97 Å². The Balaban J connectivity index is 2.17. The molecule has 1 aliphatic rings. The van der Waals surface area contributed by atoms with Crippen molar-refractivity contribution in [1.29, 1.82) is 0 Å². The molecule has 0 aromatic rings. The van der Waals surface area contributed by atoms with Gasteiger partial charge in [0.1, 0.15) is 6.04 Å². The van der Waals surface area contributed by atoms with Crippen molar-refractivity contribution in [1.82, 2.24) is 10.6 Å². The van der Waals surface area contributed by atoms with Crippen LogP contribution in [-0.4, -0.2) is 36.5 Å². The molecule has 1 saturated carbocycles. The number of nitrogens with one attached hydrogen (secondary N) is 2. The maximum Gasteiger partial charge on any atom is 0.306 e. The number of hydrogen-bond acceptors (Lipinski definition) is 4. The Hall–Kier alpha value is -1.59. The van der Waals surface area contributed by atoms with Crippen LogP contribution in [0.1, 0.15) is 39.5 Å². The highest BCUT2D eigenvalue weighted by molar-refractivity contribution is 5.88. The topological polar surface area (TPSA) is 84.5 Å². The van der Waals surface area contributed by atoms with Crippen LogP contribution in [0.25, 0.3) is 0 Å². The highest BCUT2D eigenvalue weighted by atomic mass is 16.5. The molecule has 1 aliphatic carbocycles. The summed E-state index contributed by atoms with van der Waals surface area (Å²) in [7, 11) is 0. The van der Waals surface area contributed by atoms with E-state index in [1.54, 1.807) is 13.8 Å². The molecule has 6 nitrogen and oxygen atoms in total. The Morgan fingerprint density at radius 3 is 2.50 bits per heavy atom. The Bertz CT molecular complexity index is 326. The Kier molecular flexibility index (Phi) is 5.61. The molecule has 0 aromatic carbocycles. The summed E-state index contributed by atoms with van der Waals surface area (Å²) < 4.78 is 4.71. The van der Waals surface area contributed by atoms with Gasteiger partial charge in [-0.25, -0.2) is 0 Å². The second kappa shape index (κ2) is 6.98. The molecule has 0 aromatic heterocycles. The summed E-state index contributed by atoms with van der Waals surface area (Å²) >= 11 is 0. The van der Waals surface area contributed by atoms with Crippen molar-refractivity contribution in [3.63, 3.8) is 0 Å². The van der Waals surface area contributed by atoms with E-state index >= 15 is 0 Å². The normalized spacial score (nSPS) is 15.7. The number of carbonyl (C=O) groups is 3.